The monoisotopic (exact) mass is 725 g/mol. The number of nitrogens with one attached hydrogen (secondary N) is 1. The number of halogens is 2. The minimum absolute atomic E-state index is 0.116. The second-order valence-corrected chi connectivity index (χ2v) is 14.3. The molecule has 49 heavy (non-hydrogen) atoms. The molecule has 1 N–H and O–H groups in total. The summed E-state index contributed by atoms with van der Waals surface area (Å²) in [5.41, 5.74) is 2.40. The Hall–Kier alpha value is -4.25. The van der Waals surface area contributed by atoms with Crippen molar-refractivity contribution in [1.29, 1.82) is 0 Å². The summed E-state index contributed by atoms with van der Waals surface area (Å²) in [7, 11) is -1.51. The molecule has 2 atom stereocenters. The third-order valence-corrected chi connectivity index (χ3v) is 10.7. The van der Waals surface area contributed by atoms with E-state index in [2.05, 4.69) is 5.32 Å². The van der Waals surface area contributed by atoms with Crippen LogP contribution < -0.4 is 19.1 Å². The van der Waals surface area contributed by atoms with Crippen LogP contribution in [-0.2, 0) is 32.6 Å². The van der Waals surface area contributed by atoms with E-state index in [0.717, 1.165) is 15.4 Å². The van der Waals surface area contributed by atoms with Gasteiger partial charge in [0.15, 0.2) is 11.5 Å². The van der Waals surface area contributed by atoms with Gasteiger partial charge in [-0.3, -0.25) is 13.9 Å². The van der Waals surface area contributed by atoms with Crippen molar-refractivity contribution in [3.05, 3.63) is 118 Å². The minimum Gasteiger partial charge on any atom is -0.493 e. The van der Waals surface area contributed by atoms with Gasteiger partial charge in [0.05, 0.1) is 24.8 Å². The first-order valence-corrected chi connectivity index (χ1v) is 18.0. The van der Waals surface area contributed by atoms with Crippen LogP contribution in [0.15, 0.2) is 95.9 Å². The van der Waals surface area contributed by atoms with Gasteiger partial charge in [-0.2, -0.15) is 0 Å². The van der Waals surface area contributed by atoms with Crippen molar-refractivity contribution in [3.63, 3.8) is 0 Å². The summed E-state index contributed by atoms with van der Waals surface area (Å²) in [5, 5.41) is 3.62. The summed E-state index contributed by atoms with van der Waals surface area (Å²) in [6.45, 7) is 4.91. The van der Waals surface area contributed by atoms with Gasteiger partial charge in [-0.1, -0.05) is 84.2 Å². The molecule has 0 saturated carbocycles. The Labute approximate surface area is 298 Å². The molecule has 4 aromatic rings. The number of hydrogen-bond donors (Lipinski definition) is 1. The number of rotatable bonds is 15. The van der Waals surface area contributed by atoms with E-state index in [-0.39, 0.29) is 41.2 Å². The van der Waals surface area contributed by atoms with Gasteiger partial charge in [0.2, 0.25) is 11.8 Å². The van der Waals surface area contributed by atoms with E-state index >= 15 is 0 Å². The van der Waals surface area contributed by atoms with Gasteiger partial charge in [0, 0.05) is 40.7 Å². The largest absolute Gasteiger partial charge is 0.493 e. The number of nitrogens with zero attached hydrogens (tertiary/aromatic N) is 2. The van der Waals surface area contributed by atoms with Gasteiger partial charge in [0.1, 0.15) is 12.6 Å². The number of anilines is 1. The summed E-state index contributed by atoms with van der Waals surface area (Å²) in [6, 6.07) is 24.1. The normalized spacial score (nSPS) is 12.5. The van der Waals surface area contributed by atoms with Gasteiger partial charge in [0.25, 0.3) is 10.0 Å². The lowest BCUT2D eigenvalue weighted by Gasteiger charge is -2.34. The van der Waals surface area contributed by atoms with E-state index in [4.69, 9.17) is 32.7 Å². The van der Waals surface area contributed by atoms with Gasteiger partial charge < -0.3 is 19.7 Å². The van der Waals surface area contributed by atoms with Crippen molar-refractivity contribution in [2.75, 3.05) is 25.1 Å². The predicted molar refractivity (Wildman–Crippen MR) is 194 cm³/mol. The van der Waals surface area contributed by atoms with Crippen molar-refractivity contribution in [3.8, 4) is 11.5 Å². The molecular weight excluding hydrogens is 685 g/mol. The minimum atomic E-state index is -4.37. The molecule has 4 aromatic carbocycles. The summed E-state index contributed by atoms with van der Waals surface area (Å²) in [4.78, 5) is 30.0. The standard InChI is InChI=1S/C37H41Cl2N3O6S/c1-6-26(3)40-37(44)33(21-27-11-8-7-9-12-27)41(23-30-31(38)13-10-14-32(30)39)36(43)24-42(28-17-15-25(2)16-18-28)49(45,46)29-19-20-34(47-4)35(22-29)48-5/h7-20,22,26,33H,6,21,23-24H2,1-5H3,(H,40,44). The number of carbonyl (C=O) groups excluding carboxylic acids is 2. The molecule has 0 aliphatic heterocycles. The van der Waals surface area contributed by atoms with Crippen molar-refractivity contribution in [2.24, 2.45) is 0 Å². The maximum Gasteiger partial charge on any atom is 0.264 e. The summed E-state index contributed by atoms with van der Waals surface area (Å²) in [5.74, 6) is -0.475. The average Bonchev–Trinajstić information content (AvgIpc) is 3.10. The molecule has 0 fully saturated rings. The molecule has 0 saturated heterocycles. The summed E-state index contributed by atoms with van der Waals surface area (Å²) < 4.78 is 40.6. The van der Waals surface area contributed by atoms with Crippen LogP contribution >= 0.6 is 23.2 Å². The Morgan fingerprint density at radius 1 is 0.857 bits per heavy atom. The smallest absolute Gasteiger partial charge is 0.264 e. The number of amides is 2. The highest BCUT2D eigenvalue weighted by Gasteiger charge is 2.36. The van der Waals surface area contributed by atoms with Crippen LogP contribution in [0.3, 0.4) is 0 Å². The number of hydrogen-bond acceptors (Lipinski definition) is 6. The molecule has 0 aliphatic carbocycles. The molecule has 0 aromatic heterocycles. The number of benzene rings is 4. The predicted octanol–water partition coefficient (Wildman–Crippen LogP) is 7.07. The highest BCUT2D eigenvalue weighted by Crippen LogP contribution is 2.33. The molecule has 12 heteroatoms. The maximum absolute atomic E-state index is 14.7. The number of sulfonamides is 1. The van der Waals surface area contributed by atoms with Crippen LogP contribution in [0, 0.1) is 6.92 Å². The van der Waals surface area contributed by atoms with E-state index in [9.17, 15) is 18.0 Å². The maximum atomic E-state index is 14.7. The fourth-order valence-electron chi connectivity index (χ4n) is 5.19. The highest BCUT2D eigenvalue weighted by molar-refractivity contribution is 7.92. The van der Waals surface area contributed by atoms with Gasteiger partial charge >= 0.3 is 0 Å². The quantitative estimate of drug-likeness (QED) is 0.141. The van der Waals surface area contributed by atoms with Crippen molar-refractivity contribution < 1.29 is 27.5 Å². The first-order chi connectivity index (χ1) is 23.4. The number of methoxy groups -OCH3 is 2. The topological polar surface area (TPSA) is 105 Å². The number of aryl methyl sites for hydroxylation is 1. The Bertz CT molecular complexity index is 1840. The van der Waals surface area contributed by atoms with Crippen LogP contribution in [0.1, 0.15) is 37.0 Å². The first kappa shape index (κ1) is 37.6. The zero-order valence-corrected chi connectivity index (χ0v) is 30.5. The first-order valence-electron chi connectivity index (χ1n) is 15.8. The van der Waals surface area contributed by atoms with Gasteiger partial charge in [-0.05, 0) is 62.2 Å². The van der Waals surface area contributed by atoms with Crippen LogP contribution in [0.4, 0.5) is 5.69 Å². The van der Waals surface area contributed by atoms with E-state index in [1.807, 2.05) is 51.1 Å². The molecule has 260 valence electrons. The van der Waals surface area contributed by atoms with E-state index in [0.29, 0.717) is 27.8 Å². The fourth-order valence-corrected chi connectivity index (χ4v) is 7.14. The second-order valence-electron chi connectivity index (χ2n) is 11.6. The SMILES string of the molecule is CCC(C)NC(=O)C(Cc1ccccc1)N(Cc1c(Cl)cccc1Cl)C(=O)CN(c1ccc(C)cc1)S(=O)(=O)c1ccc(OC)c(OC)c1. The average molecular weight is 727 g/mol. The third kappa shape index (κ3) is 9.26. The molecule has 0 aliphatic rings. The van der Waals surface area contributed by atoms with E-state index < -0.39 is 28.5 Å². The van der Waals surface area contributed by atoms with Crippen molar-refractivity contribution >= 4 is 50.7 Å². The van der Waals surface area contributed by atoms with E-state index in [1.54, 1.807) is 42.5 Å². The molecule has 0 heterocycles. The van der Waals surface area contributed by atoms with Crippen molar-refractivity contribution in [2.45, 2.75) is 57.1 Å². The zero-order chi connectivity index (χ0) is 35.7. The van der Waals surface area contributed by atoms with Crippen molar-refractivity contribution in [1.82, 2.24) is 10.2 Å². The molecule has 0 bridgehead atoms. The molecule has 0 spiro atoms. The second kappa shape index (κ2) is 16.9. The lowest BCUT2D eigenvalue weighted by atomic mass is 10.0. The lowest BCUT2D eigenvalue weighted by Crippen LogP contribution is -2.54. The molecular formula is C37H41Cl2N3O6S. The molecule has 2 amide bonds. The Balaban J connectivity index is 1.86. The summed E-state index contributed by atoms with van der Waals surface area (Å²) in [6.07, 6.45) is 0.822. The lowest BCUT2D eigenvalue weighted by molar-refractivity contribution is -0.140. The highest BCUT2D eigenvalue weighted by atomic mass is 35.5. The molecule has 9 nitrogen and oxygen atoms in total. The fraction of sp³-hybridized carbons (Fsp3) is 0.297. The molecule has 2 unspecified atom stereocenters. The van der Waals surface area contributed by atoms with Crippen LogP contribution in [0.2, 0.25) is 10.0 Å². The Kier molecular flexibility index (Phi) is 13.0. The molecule has 0 radical (unpaired) electrons. The zero-order valence-electron chi connectivity index (χ0n) is 28.2. The molecule has 4 rings (SSSR count). The van der Waals surface area contributed by atoms with Crippen LogP contribution in [0.25, 0.3) is 0 Å². The number of carbonyl (C=O) groups is 2. The third-order valence-electron chi connectivity index (χ3n) is 8.21. The number of ether oxygens (including phenoxy) is 2. The van der Waals surface area contributed by atoms with Crippen LogP contribution in [0.5, 0.6) is 11.5 Å². The van der Waals surface area contributed by atoms with Gasteiger partial charge in [-0.15, -0.1) is 0 Å². The Morgan fingerprint density at radius 2 is 1.49 bits per heavy atom. The van der Waals surface area contributed by atoms with E-state index in [1.165, 1.54) is 37.3 Å². The van der Waals surface area contributed by atoms with Crippen LogP contribution in [-0.4, -0.2) is 58.0 Å². The van der Waals surface area contributed by atoms with Gasteiger partial charge in [-0.25, -0.2) is 8.42 Å². The summed E-state index contributed by atoms with van der Waals surface area (Å²) >= 11 is 13.2. The Morgan fingerprint density at radius 3 is 2.08 bits per heavy atom.